The number of allylic oxidation sites excluding steroid dienone is 2. The van der Waals surface area contributed by atoms with E-state index in [1.165, 1.54) is 0 Å². The third-order valence-corrected chi connectivity index (χ3v) is 1.60. The van der Waals surface area contributed by atoms with Gasteiger partial charge >= 0.3 is 0 Å². The molecule has 1 N–H and O–H groups in total. The maximum Gasteiger partial charge on any atom is 0.147 e. The molecule has 9 heavy (non-hydrogen) atoms. The van der Waals surface area contributed by atoms with Crippen LogP contribution in [0.4, 0.5) is 0 Å². The van der Waals surface area contributed by atoms with Crippen molar-refractivity contribution in [2.75, 3.05) is 6.54 Å². The number of aldehydes is 1. The molecule has 0 saturated carbocycles. The van der Waals surface area contributed by atoms with Gasteiger partial charge in [0.1, 0.15) is 6.29 Å². The second-order valence-electron chi connectivity index (χ2n) is 1.73. The molecule has 0 radical (unpaired) electrons. The third-order valence-electron chi connectivity index (χ3n) is 1.06. The predicted octanol–water partition coefficient (Wildman–Crippen LogP) is 0.951. The topological polar surface area (TPSA) is 29.1 Å². The summed E-state index contributed by atoms with van der Waals surface area (Å²) in [6, 6.07) is 0. The quantitative estimate of drug-likeness (QED) is 0.490. The SMILES string of the molecule is O=CC1=CC=C(Br)NC1. The number of carbonyl (C=O) groups excluding carboxylic acids is 1. The zero-order valence-electron chi connectivity index (χ0n) is 4.73. The average Bonchev–Trinajstić information content (AvgIpc) is 1.90. The first-order valence-corrected chi connectivity index (χ1v) is 3.37. The number of rotatable bonds is 1. The number of dihydropyridines is 1. The number of halogens is 1. The summed E-state index contributed by atoms with van der Waals surface area (Å²) in [4.78, 5) is 10.1. The Labute approximate surface area is 61.8 Å². The van der Waals surface area contributed by atoms with E-state index >= 15 is 0 Å². The van der Waals surface area contributed by atoms with E-state index in [1.54, 1.807) is 6.08 Å². The fourth-order valence-corrected chi connectivity index (χ4v) is 0.838. The van der Waals surface area contributed by atoms with E-state index in [0.29, 0.717) is 6.54 Å². The van der Waals surface area contributed by atoms with Crippen LogP contribution < -0.4 is 5.32 Å². The van der Waals surface area contributed by atoms with Crippen LogP contribution in [0, 0.1) is 0 Å². The summed E-state index contributed by atoms with van der Waals surface area (Å²) >= 11 is 3.23. The van der Waals surface area contributed by atoms with Crippen LogP contribution in [0.25, 0.3) is 0 Å². The molecule has 0 aromatic rings. The fourth-order valence-electron chi connectivity index (χ4n) is 0.566. The van der Waals surface area contributed by atoms with Crippen molar-refractivity contribution in [3.8, 4) is 0 Å². The van der Waals surface area contributed by atoms with Crippen LogP contribution >= 0.6 is 15.9 Å². The van der Waals surface area contributed by atoms with Crippen LogP contribution in [0.1, 0.15) is 0 Å². The molecule has 1 aliphatic heterocycles. The lowest BCUT2D eigenvalue weighted by Gasteiger charge is -2.07. The van der Waals surface area contributed by atoms with E-state index in [0.717, 1.165) is 16.5 Å². The first kappa shape index (κ1) is 6.55. The monoisotopic (exact) mass is 187 g/mol. The summed E-state index contributed by atoms with van der Waals surface area (Å²) in [5, 5.41) is 2.96. The Hall–Kier alpha value is -0.570. The van der Waals surface area contributed by atoms with Gasteiger partial charge in [-0.3, -0.25) is 4.79 Å². The van der Waals surface area contributed by atoms with Crippen LogP contribution in [-0.4, -0.2) is 12.8 Å². The molecule has 0 spiro atoms. The zero-order chi connectivity index (χ0) is 6.69. The highest BCUT2D eigenvalue weighted by atomic mass is 79.9. The summed E-state index contributed by atoms with van der Waals surface area (Å²) in [5.41, 5.74) is 0.776. The molecule has 0 fully saturated rings. The lowest BCUT2D eigenvalue weighted by Crippen LogP contribution is -2.16. The number of carbonyl (C=O) groups is 1. The van der Waals surface area contributed by atoms with E-state index < -0.39 is 0 Å². The molecular formula is C6H6BrNO. The van der Waals surface area contributed by atoms with E-state index in [-0.39, 0.29) is 0 Å². The van der Waals surface area contributed by atoms with Crippen molar-refractivity contribution in [3.63, 3.8) is 0 Å². The lowest BCUT2D eigenvalue weighted by molar-refractivity contribution is -0.104. The minimum Gasteiger partial charge on any atom is -0.375 e. The second kappa shape index (κ2) is 2.82. The molecule has 0 atom stereocenters. The Morgan fingerprint density at radius 1 is 1.67 bits per heavy atom. The van der Waals surface area contributed by atoms with Crippen molar-refractivity contribution < 1.29 is 4.79 Å². The molecule has 0 saturated heterocycles. The zero-order valence-corrected chi connectivity index (χ0v) is 6.31. The summed E-state index contributed by atoms with van der Waals surface area (Å²) < 4.78 is 0.924. The first-order chi connectivity index (χ1) is 4.33. The van der Waals surface area contributed by atoms with E-state index in [4.69, 9.17) is 0 Å². The highest BCUT2D eigenvalue weighted by Crippen LogP contribution is 2.06. The largest absolute Gasteiger partial charge is 0.375 e. The van der Waals surface area contributed by atoms with Crippen molar-refractivity contribution in [2.45, 2.75) is 0 Å². The molecule has 0 bridgehead atoms. The smallest absolute Gasteiger partial charge is 0.147 e. The Balaban J connectivity index is 2.69. The fraction of sp³-hybridized carbons (Fsp3) is 0.167. The minimum absolute atomic E-state index is 0.626. The molecule has 0 aliphatic carbocycles. The summed E-state index contributed by atoms with van der Waals surface area (Å²) in [6.07, 6.45) is 4.45. The lowest BCUT2D eigenvalue weighted by atomic mass is 10.2. The van der Waals surface area contributed by atoms with Gasteiger partial charge in [-0.05, 0) is 22.0 Å². The van der Waals surface area contributed by atoms with Crippen molar-refractivity contribution in [3.05, 3.63) is 22.3 Å². The van der Waals surface area contributed by atoms with Crippen molar-refractivity contribution in [1.82, 2.24) is 5.32 Å². The number of nitrogens with one attached hydrogen (secondary N) is 1. The molecule has 1 rings (SSSR count). The predicted molar refractivity (Wildman–Crippen MR) is 39.2 cm³/mol. The van der Waals surface area contributed by atoms with Gasteiger partial charge in [0.05, 0.1) is 4.61 Å². The molecule has 1 aliphatic rings. The van der Waals surface area contributed by atoms with Gasteiger partial charge in [-0.1, -0.05) is 6.08 Å². The van der Waals surface area contributed by atoms with E-state index in [9.17, 15) is 4.79 Å². The van der Waals surface area contributed by atoms with Crippen LogP contribution in [-0.2, 0) is 4.79 Å². The normalized spacial score (nSPS) is 17.4. The van der Waals surface area contributed by atoms with Crippen molar-refractivity contribution in [1.29, 1.82) is 0 Å². The van der Waals surface area contributed by atoms with Gasteiger partial charge in [0.2, 0.25) is 0 Å². The molecule has 0 aromatic carbocycles. The standard InChI is InChI=1S/C6H6BrNO/c7-6-2-1-5(4-9)3-8-6/h1-2,4,8H,3H2. The van der Waals surface area contributed by atoms with Gasteiger partial charge < -0.3 is 5.32 Å². The molecule has 3 heteroatoms. The molecule has 0 aromatic heterocycles. The summed E-state index contributed by atoms with van der Waals surface area (Å²) in [5.74, 6) is 0. The van der Waals surface area contributed by atoms with Gasteiger partial charge in [-0.25, -0.2) is 0 Å². The Morgan fingerprint density at radius 3 is 2.89 bits per heavy atom. The number of hydrogen-bond donors (Lipinski definition) is 1. The van der Waals surface area contributed by atoms with Crippen LogP contribution in [0.15, 0.2) is 22.3 Å². The molecular weight excluding hydrogens is 182 g/mol. The Morgan fingerprint density at radius 2 is 2.44 bits per heavy atom. The highest BCUT2D eigenvalue weighted by molar-refractivity contribution is 9.11. The number of hydrogen-bond acceptors (Lipinski definition) is 2. The Bertz CT molecular complexity index is 183. The van der Waals surface area contributed by atoms with E-state index in [1.807, 2.05) is 6.08 Å². The molecule has 2 nitrogen and oxygen atoms in total. The van der Waals surface area contributed by atoms with Gasteiger partial charge in [0.25, 0.3) is 0 Å². The minimum atomic E-state index is 0.626. The summed E-state index contributed by atoms with van der Waals surface area (Å²) in [6.45, 7) is 0.626. The van der Waals surface area contributed by atoms with Gasteiger partial charge in [0, 0.05) is 12.1 Å². The van der Waals surface area contributed by atoms with Crippen LogP contribution in [0.3, 0.4) is 0 Å². The molecule has 0 amide bonds. The maximum absolute atomic E-state index is 10.1. The van der Waals surface area contributed by atoms with Crippen molar-refractivity contribution in [2.24, 2.45) is 0 Å². The average molecular weight is 188 g/mol. The highest BCUT2D eigenvalue weighted by Gasteiger charge is 1.99. The maximum atomic E-state index is 10.1. The van der Waals surface area contributed by atoms with Crippen molar-refractivity contribution >= 4 is 22.2 Å². The summed E-state index contributed by atoms with van der Waals surface area (Å²) in [7, 11) is 0. The molecule has 1 heterocycles. The van der Waals surface area contributed by atoms with Crippen LogP contribution in [0.5, 0.6) is 0 Å². The first-order valence-electron chi connectivity index (χ1n) is 2.58. The third kappa shape index (κ3) is 1.68. The van der Waals surface area contributed by atoms with Gasteiger partial charge in [-0.2, -0.15) is 0 Å². The van der Waals surface area contributed by atoms with Crippen LogP contribution in [0.2, 0.25) is 0 Å². The van der Waals surface area contributed by atoms with E-state index in [2.05, 4.69) is 21.2 Å². The van der Waals surface area contributed by atoms with Gasteiger partial charge in [-0.15, -0.1) is 0 Å². The second-order valence-corrected chi connectivity index (χ2v) is 2.58. The Kier molecular flexibility index (Phi) is 2.05. The van der Waals surface area contributed by atoms with Gasteiger partial charge in [0.15, 0.2) is 0 Å². The molecule has 48 valence electrons. The molecule has 0 unspecified atom stereocenters.